The molecule has 0 aliphatic heterocycles. The summed E-state index contributed by atoms with van der Waals surface area (Å²) in [5.74, 6) is 0. The first-order chi connectivity index (χ1) is 46.2. The zero-order valence-electron chi connectivity index (χ0n) is 52.4. The van der Waals surface area contributed by atoms with Crippen LogP contribution in [0, 0.1) is 39.0 Å². The molecule has 0 aliphatic rings. The van der Waals surface area contributed by atoms with Crippen molar-refractivity contribution < 1.29 is 0 Å². The predicted molar refractivity (Wildman–Crippen MR) is 392 cm³/mol. The molecule has 18 rings (SSSR count). The topological polar surface area (TPSA) is 56.4 Å². The highest BCUT2D eigenvalue weighted by molar-refractivity contribution is 6.15. The normalized spacial score (nSPS) is 11.8. The van der Waals surface area contributed by atoms with Crippen LogP contribution in [0.3, 0.4) is 0 Å². The average Bonchev–Trinajstić information content (AvgIpc) is 0.885. The zero-order chi connectivity index (χ0) is 62.9. The number of nitriles is 1. The fraction of sp³-hybridized carbons (Fsp3) is 0.0455. The van der Waals surface area contributed by atoms with Crippen molar-refractivity contribution in [2.75, 3.05) is 0 Å². The molecule has 0 atom stereocenters. The van der Waals surface area contributed by atoms with Crippen molar-refractivity contribution >= 4 is 87.2 Å². The standard InChI is InChI=1S/C88H60N6/c1-54-29-47-82-73(49-54)74-50-55(2)30-48-83(74)94(82)66-45-37-61(38-46-66)88-86(59-33-41-64(42-34-59)92-78-25-13-7-19-69(78)70-20-8-14-26-79(70)92)84(58-31-39-63(40-32-58)91-76-23-11-5-17-67(76)68-18-6-12-24-77(68)91)75(53-89)85(62-51-56(3)90-57(4)52-62)87(88)60-35-43-65(44-36-60)93-80-27-15-9-21-71(80)72-22-10-16-28-81(72)93/h5-52H,1-4H3. The monoisotopic (exact) mass is 1200 g/mol. The molecule has 0 bridgehead atoms. The number of pyridine rings is 1. The minimum absolute atomic E-state index is 0.578. The van der Waals surface area contributed by atoms with Gasteiger partial charge in [0.05, 0.1) is 49.7 Å². The lowest BCUT2D eigenvalue weighted by Gasteiger charge is -2.27. The molecule has 6 heteroatoms. The van der Waals surface area contributed by atoms with Crippen molar-refractivity contribution in [1.29, 1.82) is 5.26 Å². The van der Waals surface area contributed by atoms with Crippen LogP contribution in [0.15, 0.2) is 291 Å². The molecule has 0 aliphatic carbocycles. The molecule has 0 saturated carbocycles. The smallest absolute Gasteiger partial charge is 0.100 e. The first kappa shape index (κ1) is 54.6. The van der Waals surface area contributed by atoms with E-state index in [-0.39, 0.29) is 0 Å². The zero-order valence-corrected chi connectivity index (χ0v) is 52.4. The largest absolute Gasteiger partial charge is 0.309 e. The van der Waals surface area contributed by atoms with Crippen LogP contribution in [0.4, 0.5) is 0 Å². The molecule has 6 nitrogen and oxygen atoms in total. The third-order valence-corrected chi connectivity index (χ3v) is 19.5. The molecule has 0 saturated heterocycles. The van der Waals surface area contributed by atoms with Gasteiger partial charge in [-0.25, -0.2) is 0 Å². The van der Waals surface area contributed by atoms with Gasteiger partial charge in [-0.05, 0) is 194 Å². The number of nitrogens with zero attached hydrogens (tertiary/aromatic N) is 6. The maximum Gasteiger partial charge on any atom is 0.100 e. The van der Waals surface area contributed by atoms with E-state index in [0.29, 0.717) is 5.56 Å². The van der Waals surface area contributed by atoms with E-state index in [2.05, 4.69) is 343 Å². The van der Waals surface area contributed by atoms with Crippen LogP contribution in [0.2, 0.25) is 0 Å². The number of hydrogen-bond donors (Lipinski definition) is 0. The number of para-hydroxylation sites is 6. The average molecular weight is 1200 g/mol. The summed E-state index contributed by atoms with van der Waals surface area (Å²) in [5, 5.41) is 22.2. The highest BCUT2D eigenvalue weighted by atomic mass is 15.0. The van der Waals surface area contributed by atoms with E-state index in [1.165, 1.54) is 54.2 Å². The van der Waals surface area contributed by atoms with E-state index >= 15 is 0 Å². The van der Waals surface area contributed by atoms with Gasteiger partial charge in [0.1, 0.15) is 6.07 Å². The van der Waals surface area contributed by atoms with Crippen LogP contribution in [0.5, 0.6) is 0 Å². The number of rotatable bonds is 9. The van der Waals surface area contributed by atoms with Crippen molar-refractivity contribution in [1.82, 2.24) is 23.3 Å². The third-order valence-electron chi connectivity index (χ3n) is 19.5. The summed E-state index contributed by atoms with van der Waals surface area (Å²) >= 11 is 0. The Hall–Kier alpha value is -12.3. The predicted octanol–water partition coefficient (Wildman–Crippen LogP) is 22.9. The van der Waals surface area contributed by atoms with Crippen LogP contribution in [-0.2, 0) is 0 Å². The summed E-state index contributed by atoms with van der Waals surface area (Å²) in [6.07, 6.45) is 0. The molecule has 442 valence electrons. The summed E-state index contributed by atoms with van der Waals surface area (Å²) in [6.45, 7) is 8.46. The van der Waals surface area contributed by atoms with Crippen LogP contribution in [-0.4, -0.2) is 23.3 Å². The van der Waals surface area contributed by atoms with Crippen molar-refractivity contribution in [2.45, 2.75) is 27.7 Å². The highest BCUT2D eigenvalue weighted by Gasteiger charge is 2.30. The molecule has 18 aromatic rings. The molecule has 0 N–H and O–H groups in total. The Bertz CT molecular complexity index is 5940. The van der Waals surface area contributed by atoms with Gasteiger partial charge < -0.3 is 18.3 Å². The fourth-order valence-corrected chi connectivity index (χ4v) is 15.5. The second-order valence-electron chi connectivity index (χ2n) is 25.2. The van der Waals surface area contributed by atoms with Crippen LogP contribution < -0.4 is 0 Å². The molecule has 0 amide bonds. The number of hydrogen-bond acceptors (Lipinski definition) is 2. The number of aromatic nitrogens is 5. The Morgan fingerprint density at radius 3 is 0.777 bits per heavy atom. The number of benzene rings is 13. The molecule has 0 spiro atoms. The SMILES string of the molecule is Cc1ccc2c(c1)c1cc(C)ccc1n2-c1ccc(-c2c(-c3ccc(-n4c5ccccc5c5ccccc54)cc3)c(-c3ccc(-n4c5ccccc5c5ccccc54)cc3)c(C#N)c(-c3cc(C)nc(C)c3)c2-c2ccc(-n3c4ccccc4c4ccccc43)cc2)cc1. The minimum Gasteiger partial charge on any atom is -0.309 e. The second kappa shape index (κ2) is 21.4. The van der Waals surface area contributed by atoms with Gasteiger partial charge in [0.25, 0.3) is 0 Å². The maximum atomic E-state index is 12.5. The molecular weight excluding hydrogens is 1140 g/mol. The van der Waals surface area contributed by atoms with Gasteiger partial charge in [-0.15, -0.1) is 0 Å². The Kier molecular flexibility index (Phi) is 12.4. The molecule has 0 unspecified atom stereocenters. The van der Waals surface area contributed by atoms with E-state index < -0.39 is 0 Å². The lowest BCUT2D eigenvalue weighted by molar-refractivity contribution is 1.12. The van der Waals surface area contributed by atoms with Crippen LogP contribution in [0.1, 0.15) is 28.1 Å². The Morgan fingerprint density at radius 2 is 0.489 bits per heavy atom. The van der Waals surface area contributed by atoms with Crippen molar-refractivity contribution in [3.8, 4) is 84.5 Å². The van der Waals surface area contributed by atoms with Gasteiger partial charge in [0.15, 0.2) is 0 Å². The molecule has 0 radical (unpaired) electrons. The molecular formula is C88H60N6. The summed E-state index contributed by atoms with van der Waals surface area (Å²) < 4.78 is 9.52. The van der Waals surface area contributed by atoms with Gasteiger partial charge in [-0.3, -0.25) is 4.98 Å². The molecule has 94 heavy (non-hydrogen) atoms. The first-order valence-corrected chi connectivity index (χ1v) is 32.2. The van der Waals surface area contributed by atoms with Crippen molar-refractivity contribution in [3.63, 3.8) is 0 Å². The van der Waals surface area contributed by atoms with Crippen molar-refractivity contribution in [3.05, 3.63) is 319 Å². The number of fused-ring (bicyclic) bond motifs is 12. The lowest BCUT2D eigenvalue weighted by atomic mass is 9.75. The fourth-order valence-electron chi connectivity index (χ4n) is 15.5. The molecule has 5 heterocycles. The summed E-state index contributed by atoms with van der Waals surface area (Å²) in [4.78, 5) is 4.97. The lowest BCUT2D eigenvalue weighted by Crippen LogP contribution is -2.04. The minimum atomic E-state index is 0.578. The van der Waals surface area contributed by atoms with E-state index in [1.807, 2.05) is 0 Å². The summed E-state index contributed by atoms with van der Waals surface area (Å²) in [5.41, 5.74) is 27.5. The molecule has 5 aromatic heterocycles. The number of aryl methyl sites for hydroxylation is 4. The van der Waals surface area contributed by atoms with Crippen LogP contribution >= 0.6 is 0 Å². The van der Waals surface area contributed by atoms with E-state index in [4.69, 9.17) is 4.98 Å². The highest BCUT2D eigenvalue weighted by Crippen LogP contribution is 2.54. The summed E-state index contributed by atoms with van der Waals surface area (Å²) in [6, 6.07) is 109. The quantitative estimate of drug-likeness (QED) is 0.145. The van der Waals surface area contributed by atoms with Gasteiger partial charge in [0.2, 0.25) is 0 Å². The van der Waals surface area contributed by atoms with E-state index in [1.54, 1.807) is 0 Å². The van der Waals surface area contributed by atoms with Crippen molar-refractivity contribution in [2.24, 2.45) is 0 Å². The van der Waals surface area contributed by atoms with E-state index in [9.17, 15) is 5.26 Å². The third kappa shape index (κ3) is 8.45. The molecule has 13 aromatic carbocycles. The second-order valence-corrected chi connectivity index (χ2v) is 25.2. The van der Waals surface area contributed by atoms with Gasteiger partial charge >= 0.3 is 0 Å². The van der Waals surface area contributed by atoms with Gasteiger partial charge in [-0.2, -0.15) is 5.26 Å². The van der Waals surface area contributed by atoms with E-state index in [0.717, 1.165) is 134 Å². The maximum absolute atomic E-state index is 12.5. The van der Waals surface area contributed by atoms with Crippen LogP contribution in [0.25, 0.3) is 166 Å². The van der Waals surface area contributed by atoms with Gasteiger partial charge in [-0.1, -0.05) is 181 Å². The summed E-state index contributed by atoms with van der Waals surface area (Å²) in [7, 11) is 0. The molecule has 0 fully saturated rings. The Morgan fingerprint density at radius 1 is 0.245 bits per heavy atom. The first-order valence-electron chi connectivity index (χ1n) is 32.2. The Labute approximate surface area is 544 Å². The van der Waals surface area contributed by atoms with Gasteiger partial charge in [0, 0.05) is 88.4 Å². The Balaban J connectivity index is 0.950.